The maximum absolute atomic E-state index is 13.5. The van der Waals surface area contributed by atoms with Crippen molar-refractivity contribution in [2.45, 2.75) is 6.54 Å². The Morgan fingerprint density at radius 2 is 1.92 bits per heavy atom. The number of benzene rings is 2. The number of likely N-dealkylation sites (N-methyl/N-ethyl adjacent to an activating group) is 1. The maximum Gasteiger partial charge on any atom is 0.279 e. The molecule has 2 aromatic carbocycles. The summed E-state index contributed by atoms with van der Waals surface area (Å²) >= 11 is 0. The van der Waals surface area contributed by atoms with Crippen molar-refractivity contribution in [3.8, 4) is 5.75 Å². The van der Waals surface area contributed by atoms with Crippen molar-refractivity contribution in [3.63, 3.8) is 0 Å². The van der Waals surface area contributed by atoms with E-state index in [1.54, 1.807) is 14.2 Å². The molecule has 0 spiro atoms. The van der Waals surface area contributed by atoms with Crippen molar-refractivity contribution in [3.05, 3.63) is 59.4 Å². The van der Waals surface area contributed by atoms with Gasteiger partial charge in [0, 0.05) is 5.56 Å². The highest BCUT2D eigenvalue weighted by molar-refractivity contribution is 5.91. The lowest BCUT2D eigenvalue weighted by atomic mass is 10.2. The molecule has 0 aromatic heterocycles. The second-order valence-electron chi connectivity index (χ2n) is 5.43. The number of rotatable bonds is 6. The van der Waals surface area contributed by atoms with Gasteiger partial charge in [-0.05, 0) is 24.3 Å². The zero-order valence-electron chi connectivity index (χ0n) is 13.3. The lowest BCUT2D eigenvalue weighted by Crippen LogP contribution is -3.08. The third-order valence-electron chi connectivity index (χ3n) is 3.41. The summed E-state index contributed by atoms with van der Waals surface area (Å²) < 4.78 is 44.7. The minimum atomic E-state index is -1.61. The van der Waals surface area contributed by atoms with Gasteiger partial charge in [-0.1, -0.05) is 12.1 Å². The molecule has 4 nitrogen and oxygen atoms in total. The van der Waals surface area contributed by atoms with Gasteiger partial charge in [0.1, 0.15) is 12.3 Å². The fourth-order valence-electron chi connectivity index (χ4n) is 2.28. The van der Waals surface area contributed by atoms with E-state index < -0.39 is 23.4 Å². The summed E-state index contributed by atoms with van der Waals surface area (Å²) in [5.41, 5.74) is 0.590. The Morgan fingerprint density at radius 1 is 1.17 bits per heavy atom. The van der Waals surface area contributed by atoms with Gasteiger partial charge in [0.15, 0.2) is 24.0 Å². The molecule has 0 bridgehead atoms. The van der Waals surface area contributed by atoms with Crippen LogP contribution >= 0.6 is 0 Å². The number of amides is 1. The average Bonchev–Trinajstić information content (AvgIpc) is 2.55. The van der Waals surface area contributed by atoms with Crippen LogP contribution in [0.2, 0.25) is 0 Å². The van der Waals surface area contributed by atoms with Gasteiger partial charge >= 0.3 is 0 Å². The first-order valence-corrected chi connectivity index (χ1v) is 7.28. The van der Waals surface area contributed by atoms with E-state index >= 15 is 0 Å². The van der Waals surface area contributed by atoms with Gasteiger partial charge < -0.3 is 15.0 Å². The minimum Gasteiger partial charge on any atom is -0.497 e. The summed E-state index contributed by atoms with van der Waals surface area (Å²) in [7, 11) is 3.36. The zero-order chi connectivity index (χ0) is 17.7. The molecule has 0 saturated heterocycles. The predicted octanol–water partition coefficient (Wildman–Crippen LogP) is 1.77. The molecule has 2 N–H and O–H groups in total. The number of carbonyl (C=O) groups excluding carboxylic acids is 1. The monoisotopic (exact) mass is 339 g/mol. The maximum atomic E-state index is 13.5. The summed E-state index contributed by atoms with van der Waals surface area (Å²) in [5.74, 6) is -4.10. The highest BCUT2D eigenvalue weighted by Crippen LogP contribution is 2.19. The number of anilines is 1. The number of halogens is 3. The first kappa shape index (κ1) is 17.8. The molecule has 7 heteroatoms. The number of nitrogens with one attached hydrogen (secondary N) is 2. The Bertz CT molecular complexity index is 738. The first-order valence-electron chi connectivity index (χ1n) is 7.28. The summed E-state index contributed by atoms with van der Waals surface area (Å²) in [6, 6.07) is 9.18. The van der Waals surface area contributed by atoms with Gasteiger partial charge in [0.25, 0.3) is 5.91 Å². The smallest absolute Gasteiger partial charge is 0.279 e. The van der Waals surface area contributed by atoms with Crippen LogP contribution in [0.5, 0.6) is 5.75 Å². The molecular formula is C17H18F3N2O2+. The summed E-state index contributed by atoms with van der Waals surface area (Å²) in [4.78, 5) is 12.8. The number of hydrogen-bond acceptors (Lipinski definition) is 2. The van der Waals surface area contributed by atoms with Crippen LogP contribution in [-0.2, 0) is 11.3 Å². The topological polar surface area (TPSA) is 42.8 Å². The van der Waals surface area contributed by atoms with Crippen molar-refractivity contribution < 1.29 is 27.6 Å². The van der Waals surface area contributed by atoms with E-state index in [1.165, 1.54) is 0 Å². The van der Waals surface area contributed by atoms with Crippen molar-refractivity contribution in [2.75, 3.05) is 26.0 Å². The highest BCUT2D eigenvalue weighted by Gasteiger charge is 2.17. The standard InChI is InChI=1S/C17H17F3N2O2/c1-22(9-11-4-3-5-12(8-11)24-2)10-15(23)21-14-7-6-13(18)16(19)17(14)20/h3-8H,9-10H2,1-2H3,(H,21,23)/p+1. The normalized spacial score (nSPS) is 11.9. The highest BCUT2D eigenvalue weighted by atomic mass is 19.2. The Balaban J connectivity index is 1.95. The van der Waals surface area contributed by atoms with E-state index in [9.17, 15) is 18.0 Å². The Kier molecular flexibility index (Phi) is 5.81. The molecule has 1 unspecified atom stereocenters. The molecule has 0 aliphatic rings. The van der Waals surface area contributed by atoms with Crippen LogP contribution in [0.3, 0.4) is 0 Å². The predicted molar refractivity (Wildman–Crippen MR) is 83.4 cm³/mol. The van der Waals surface area contributed by atoms with E-state index in [4.69, 9.17) is 4.74 Å². The number of quaternary nitrogens is 1. The van der Waals surface area contributed by atoms with Crippen molar-refractivity contribution in [2.24, 2.45) is 0 Å². The Morgan fingerprint density at radius 3 is 2.62 bits per heavy atom. The molecule has 0 saturated carbocycles. The molecule has 0 aliphatic carbocycles. The Labute approximate surface area is 137 Å². The van der Waals surface area contributed by atoms with Crippen molar-refractivity contribution >= 4 is 11.6 Å². The molecule has 0 heterocycles. The van der Waals surface area contributed by atoms with E-state index in [0.717, 1.165) is 22.6 Å². The molecule has 0 aliphatic heterocycles. The van der Waals surface area contributed by atoms with Crippen LogP contribution in [0.25, 0.3) is 0 Å². The largest absolute Gasteiger partial charge is 0.497 e. The van der Waals surface area contributed by atoms with E-state index in [-0.39, 0.29) is 12.2 Å². The molecule has 128 valence electrons. The van der Waals surface area contributed by atoms with Crippen LogP contribution in [-0.4, -0.2) is 26.6 Å². The van der Waals surface area contributed by atoms with Crippen LogP contribution in [0.1, 0.15) is 5.56 Å². The molecule has 1 atom stereocenters. The quantitative estimate of drug-likeness (QED) is 0.788. The second kappa shape index (κ2) is 7.83. The van der Waals surface area contributed by atoms with Crippen LogP contribution in [0, 0.1) is 17.5 Å². The van der Waals surface area contributed by atoms with Crippen LogP contribution in [0.15, 0.2) is 36.4 Å². The lowest BCUT2D eigenvalue weighted by molar-refractivity contribution is -0.885. The van der Waals surface area contributed by atoms with E-state index in [2.05, 4.69) is 5.32 Å². The first-order chi connectivity index (χ1) is 11.4. The molecule has 0 fully saturated rings. The molecular weight excluding hydrogens is 321 g/mol. The van der Waals surface area contributed by atoms with Gasteiger partial charge in [0.2, 0.25) is 0 Å². The molecule has 2 rings (SSSR count). The summed E-state index contributed by atoms with van der Waals surface area (Å²) in [6.07, 6.45) is 0. The molecule has 2 aromatic rings. The van der Waals surface area contributed by atoms with Crippen LogP contribution < -0.4 is 15.0 Å². The summed E-state index contributed by atoms with van der Waals surface area (Å²) in [5, 5.41) is 2.25. The average molecular weight is 339 g/mol. The lowest BCUT2D eigenvalue weighted by Gasteiger charge is -2.14. The number of methoxy groups -OCH3 is 1. The van der Waals surface area contributed by atoms with Crippen LogP contribution in [0.4, 0.5) is 18.9 Å². The summed E-state index contributed by atoms with van der Waals surface area (Å²) in [6.45, 7) is 0.584. The van der Waals surface area contributed by atoms with Gasteiger partial charge in [-0.15, -0.1) is 0 Å². The molecule has 1 amide bonds. The third kappa shape index (κ3) is 4.48. The number of hydrogen-bond donors (Lipinski definition) is 2. The second-order valence-corrected chi connectivity index (χ2v) is 5.43. The van der Waals surface area contributed by atoms with E-state index in [1.807, 2.05) is 24.3 Å². The zero-order valence-corrected chi connectivity index (χ0v) is 13.3. The van der Waals surface area contributed by atoms with Crippen molar-refractivity contribution in [1.29, 1.82) is 0 Å². The third-order valence-corrected chi connectivity index (χ3v) is 3.41. The van der Waals surface area contributed by atoms with Gasteiger partial charge in [-0.3, -0.25) is 4.79 Å². The fourth-order valence-corrected chi connectivity index (χ4v) is 2.28. The minimum absolute atomic E-state index is 0.0373. The number of carbonyl (C=O) groups is 1. The molecule has 0 radical (unpaired) electrons. The van der Waals surface area contributed by atoms with Crippen molar-refractivity contribution in [1.82, 2.24) is 0 Å². The Hall–Kier alpha value is -2.54. The van der Waals surface area contributed by atoms with E-state index in [0.29, 0.717) is 12.3 Å². The fraction of sp³-hybridized carbons (Fsp3) is 0.235. The number of ether oxygens (including phenoxy) is 1. The van der Waals surface area contributed by atoms with Gasteiger partial charge in [-0.25, -0.2) is 13.2 Å². The molecule has 24 heavy (non-hydrogen) atoms. The van der Waals surface area contributed by atoms with Gasteiger partial charge in [0.05, 0.1) is 19.8 Å². The van der Waals surface area contributed by atoms with Gasteiger partial charge in [-0.2, -0.15) is 0 Å². The SMILES string of the molecule is COc1cccc(C[NH+](C)CC(=O)Nc2ccc(F)c(F)c2F)c1.